The highest BCUT2D eigenvalue weighted by Crippen LogP contribution is 2.10. The molecule has 1 unspecified atom stereocenters. The Bertz CT molecular complexity index is 278. The molecule has 0 aliphatic heterocycles. The van der Waals surface area contributed by atoms with Gasteiger partial charge in [-0.2, -0.15) is 0 Å². The highest BCUT2D eigenvalue weighted by atomic mass is 16.6. The fraction of sp³-hybridized carbons (Fsp3) is 0.875. The predicted molar refractivity (Wildman–Crippen MR) is 80.8 cm³/mol. The fourth-order valence-corrected chi connectivity index (χ4v) is 1.98. The molecule has 0 saturated carbocycles. The molecule has 5 nitrogen and oxygen atoms in total. The number of aliphatic hydroxyl groups is 1. The van der Waals surface area contributed by atoms with Crippen molar-refractivity contribution in [1.29, 1.82) is 0 Å². The predicted octanol–water partition coefficient (Wildman–Crippen LogP) is 2.98. The minimum atomic E-state index is -0.754. The maximum atomic E-state index is 11.6. The van der Waals surface area contributed by atoms with Crippen LogP contribution in [-0.4, -0.2) is 36.4 Å². The summed E-state index contributed by atoms with van der Waals surface area (Å²) in [6, 6.07) is 0. The topological polar surface area (TPSA) is 72.8 Å². The average Bonchev–Trinajstić information content (AvgIpc) is 2.46. The van der Waals surface area contributed by atoms with Gasteiger partial charge in [-0.15, -0.1) is 0 Å². The first-order chi connectivity index (χ1) is 10.1. The summed E-state index contributed by atoms with van der Waals surface area (Å²) in [5, 5.41) is 9.03. The molecule has 1 N–H and O–H groups in total. The summed E-state index contributed by atoms with van der Waals surface area (Å²) in [5.74, 6) is -0.792. The standard InChI is InChI=1S/C16H30O5/c1-3-4-5-6-7-8-9-10-11-16(19)21-15(12-17)13-20-14(2)18/h15,17H,3-13H2,1-2H3. The first-order valence-electron chi connectivity index (χ1n) is 8.03. The van der Waals surface area contributed by atoms with Crippen LogP contribution < -0.4 is 0 Å². The molecular formula is C16H30O5. The highest BCUT2D eigenvalue weighted by Gasteiger charge is 2.14. The second kappa shape index (κ2) is 13.9. The van der Waals surface area contributed by atoms with Crippen molar-refractivity contribution < 1.29 is 24.2 Å². The van der Waals surface area contributed by atoms with Crippen molar-refractivity contribution in [3.05, 3.63) is 0 Å². The summed E-state index contributed by atoms with van der Waals surface area (Å²) in [5.41, 5.74) is 0. The molecule has 0 rings (SSSR count). The van der Waals surface area contributed by atoms with Crippen LogP contribution in [0.5, 0.6) is 0 Å². The van der Waals surface area contributed by atoms with Crippen LogP contribution in [0.25, 0.3) is 0 Å². The molecule has 0 spiro atoms. The molecule has 0 bridgehead atoms. The second-order valence-corrected chi connectivity index (χ2v) is 5.32. The molecule has 0 aromatic heterocycles. The van der Waals surface area contributed by atoms with E-state index in [2.05, 4.69) is 6.92 Å². The van der Waals surface area contributed by atoms with Crippen molar-refractivity contribution in [2.45, 2.75) is 77.7 Å². The first kappa shape index (κ1) is 19.9. The molecule has 0 aromatic rings. The molecule has 0 aromatic carbocycles. The Morgan fingerprint density at radius 1 is 1.00 bits per heavy atom. The van der Waals surface area contributed by atoms with E-state index in [-0.39, 0.29) is 19.2 Å². The average molecular weight is 302 g/mol. The minimum Gasteiger partial charge on any atom is -0.462 e. The minimum absolute atomic E-state index is 0.0883. The van der Waals surface area contributed by atoms with Crippen LogP contribution >= 0.6 is 0 Å². The normalized spacial score (nSPS) is 12.0. The van der Waals surface area contributed by atoms with Crippen LogP contribution in [0, 0.1) is 0 Å². The van der Waals surface area contributed by atoms with Gasteiger partial charge in [0.05, 0.1) is 6.61 Å². The van der Waals surface area contributed by atoms with Gasteiger partial charge < -0.3 is 14.6 Å². The van der Waals surface area contributed by atoms with Crippen molar-refractivity contribution >= 4 is 11.9 Å². The zero-order valence-electron chi connectivity index (χ0n) is 13.4. The lowest BCUT2D eigenvalue weighted by molar-refractivity contribution is -0.160. The van der Waals surface area contributed by atoms with E-state index in [1.807, 2.05) is 0 Å². The largest absolute Gasteiger partial charge is 0.462 e. The first-order valence-corrected chi connectivity index (χ1v) is 8.03. The molecule has 0 amide bonds. The third-order valence-corrected chi connectivity index (χ3v) is 3.21. The second-order valence-electron chi connectivity index (χ2n) is 5.32. The van der Waals surface area contributed by atoms with E-state index >= 15 is 0 Å². The Labute approximate surface area is 128 Å². The van der Waals surface area contributed by atoms with Crippen LogP contribution in [0.3, 0.4) is 0 Å². The van der Waals surface area contributed by atoms with E-state index in [4.69, 9.17) is 14.6 Å². The molecule has 0 aliphatic rings. The number of hydrogen-bond acceptors (Lipinski definition) is 5. The van der Waals surface area contributed by atoms with E-state index in [9.17, 15) is 9.59 Å². The van der Waals surface area contributed by atoms with Gasteiger partial charge in [-0.25, -0.2) is 0 Å². The number of carbonyl (C=O) groups is 2. The molecule has 5 heteroatoms. The van der Waals surface area contributed by atoms with Gasteiger partial charge in [-0.1, -0.05) is 51.9 Å². The van der Waals surface area contributed by atoms with Gasteiger partial charge in [0.1, 0.15) is 6.61 Å². The lowest BCUT2D eigenvalue weighted by Gasteiger charge is -2.15. The molecule has 0 radical (unpaired) electrons. The lowest BCUT2D eigenvalue weighted by atomic mass is 10.1. The smallest absolute Gasteiger partial charge is 0.306 e. The highest BCUT2D eigenvalue weighted by molar-refractivity contribution is 5.69. The molecule has 0 aliphatic carbocycles. The number of esters is 2. The van der Waals surface area contributed by atoms with Gasteiger partial charge in [-0.05, 0) is 6.42 Å². The van der Waals surface area contributed by atoms with E-state index in [0.29, 0.717) is 6.42 Å². The number of unbranched alkanes of at least 4 members (excludes halogenated alkanes) is 7. The fourth-order valence-electron chi connectivity index (χ4n) is 1.98. The summed E-state index contributed by atoms with van der Waals surface area (Å²) < 4.78 is 9.75. The molecule has 0 saturated heterocycles. The maximum Gasteiger partial charge on any atom is 0.306 e. The summed E-state index contributed by atoms with van der Waals surface area (Å²) in [6.07, 6.45) is 8.92. The number of aliphatic hydroxyl groups excluding tert-OH is 1. The van der Waals surface area contributed by atoms with E-state index in [1.165, 1.54) is 39.0 Å². The van der Waals surface area contributed by atoms with Crippen molar-refractivity contribution in [2.24, 2.45) is 0 Å². The van der Waals surface area contributed by atoms with Gasteiger partial charge in [0.2, 0.25) is 0 Å². The number of hydrogen-bond donors (Lipinski definition) is 1. The summed E-state index contributed by atoms with van der Waals surface area (Å²) in [6.45, 7) is 3.05. The van der Waals surface area contributed by atoms with Crippen LogP contribution in [0.1, 0.15) is 71.6 Å². The lowest BCUT2D eigenvalue weighted by Crippen LogP contribution is -2.28. The van der Waals surface area contributed by atoms with E-state index < -0.39 is 12.1 Å². The van der Waals surface area contributed by atoms with Gasteiger partial charge in [0, 0.05) is 13.3 Å². The zero-order valence-corrected chi connectivity index (χ0v) is 13.4. The van der Waals surface area contributed by atoms with Gasteiger partial charge >= 0.3 is 11.9 Å². The SMILES string of the molecule is CCCCCCCCCCC(=O)OC(CO)COC(C)=O. The number of ether oxygens (including phenoxy) is 2. The Morgan fingerprint density at radius 2 is 1.57 bits per heavy atom. The third kappa shape index (κ3) is 13.6. The Morgan fingerprint density at radius 3 is 2.10 bits per heavy atom. The molecule has 0 fully saturated rings. The van der Waals surface area contributed by atoms with Gasteiger partial charge in [0.15, 0.2) is 6.10 Å². The van der Waals surface area contributed by atoms with Crippen molar-refractivity contribution in [3.63, 3.8) is 0 Å². The Hall–Kier alpha value is -1.10. The van der Waals surface area contributed by atoms with E-state index in [0.717, 1.165) is 19.3 Å². The van der Waals surface area contributed by atoms with Crippen molar-refractivity contribution in [2.75, 3.05) is 13.2 Å². The van der Waals surface area contributed by atoms with Crippen molar-refractivity contribution in [3.8, 4) is 0 Å². The summed E-state index contributed by atoms with van der Waals surface area (Å²) >= 11 is 0. The third-order valence-electron chi connectivity index (χ3n) is 3.21. The molecule has 0 heterocycles. The van der Waals surface area contributed by atoms with E-state index in [1.54, 1.807) is 0 Å². The molecule has 1 atom stereocenters. The molecule has 124 valence electrons. The zero-order chi connectivity index (χ0) is 15.9. The monoisotopic (exact) mass is 302 g/mol. The quantitative estimate of drug-likeness (QED) is 0.418. The van der Waals surface area contributed by atoms with Crippen LogP contribution in [0.4, 0.5) is 0 Å². The maximum absolute atomic E-state index is 11.6. The summed E-state index contributed by atoms with van der Waals surface area (Å²) in [7, 11) is 0. The van der Waals surface area contributed by atoms with Crippen LogP contribution in [0.2, 0.25) is 0 Å². The summed E-state index contributed by atoms with van der Waals surface area (Å²) in [4.78, 5) is 22.2. The molecule has 21 heavy (non-hydrogen) atoms. The van der Waals surface area contributed by atoms with Crippen molar-refractivity contribution in [1.82, 2.24) is 0 Å². The van der Waals surface area contributed by atoms with Crippen LogP contribution in [0.15, 0.2) is 0 Å². The van der Waals surface area contributed by atoms with Gasteiger partial charge in [0.25, 0.3) is 0 Å². The van der Waals surface area contributed by atoms with Crippen LogP contribution in [-0.2, 0) is 19.1 Å². The number of carbonyl (C=O) groups excluding carboxylic acids is 2. The Kier molecular flexibility index (Phi) is 13.1. The number of rotatable bonds is 13. The van der Waals surface area contributed by atoms with Gasteiger partial charge in [-0.3, -0.25) is 9.59 Å². The molecular weight excluding hydrogens is 272 g/mol. The Balaban J connectivity index is 3.53.